The first kappa shape index (κ1) is 13.0. The average Bonchev–Trinajstić information content (AvgIpc) is 2.62. The third kappa shape index (κ3) is 2.87. The monoisotopic (exact) mass is 271 g/mol. The molecule has 2 rings (SSSR count). The number of amides is 1. The number of carbonyl (C=O) groups is 1. The fourth-order valence-corrected chi connectivity index (χ4v) is 3.64. The molecule has 6 heteroatoms. The van der Waals surface area contributed by atoms with E-state index in [-0.39, 0.29) is 29.3 Å². The normalized spacial score (nSPS) is 21.8. The molecule has 1 aromatic rings. The first-order chi connectivity index (χ1) is 8.37. The molecule has 4 nitrogen and oxygen atoms in total. The van der Waals surface area contributed by atoms with E-state index in [1.807, 2.05) is 0 Å². The van der Waals surface area contributed by atoms with Gasteiger partial charge in [-0.05, 0) is 37.1 Å². The first-order valence-electron chi connectivity index (χ1n) is 5.65. The Labute approximate surface area is 105 Å². The summed E-state index contributed by atoms with van der Waals surface area (Å²) in [5.74, 6) is -0.630. The third-order valence-corrected chi connectivity index (χ3v) is 4.76. The van der Waals surface area contributed by atoms with Crippen LogP contribution in [0.2, 0.25) is 0 Å². The van der Waals surface area contributed by atoms with Crippen LogP contribution in [0.3, 0.4) is 0 Å². The van der Waals surface area contributed by atoms with E-state index in [0.717, 1.165) is 0 Å². The Morgan fingerprint density at radius 1 is 1.44 bits per heavy atom. The molecule has 1 N–H and O–H groups in total. The zero-order chi connectivity index (χ0) is 13.3. The maximum absolute atomic E-state index is 13.1. The van der Waals surface area contributed by atoms with Gasteiger partial charge in [-0.25, -0.2) is 12.8 Å². The average molecular weight is 271 g/mol. The largest absolute Gasteiger partial charge is 0.348 e. The van der Waals surface area contributed by atoms with Gasteiger partial charge in [0.05, 0.1) is 11.5 Å². The Balaban J connectivity index is 2.06. The zero-order valence-electron chi connectivity index (χ0n) is 9.94. The Kier molecular flexibility index (Phi) is 3.38. The molecule has 0 saturated carbocycles. The van der Waals surface area contributed by atoms with Crippen LogP contribution in [0.4, 0.5) is 4.39 Å². The summed E-state index contributed by atoms with van der Waals surface area (Å²) in [7, 11) is -3.01. The van der Waals surface area contributed by atoms with Crippen LogP contribution in [-0.4, -0.2) is 31.9 Å². The van der Waals surface area contributed by atoms with Crippen molar-refractivity contribution in [1.82, 2.24) is 5.32 Å². The van der Waals surface area contributed by atoms with Gasteiger partial charge in [0.25, 0.3) is 5.91 Å². The van der Waals surface area contributed by atoms with Crippen molar-refractivity contribution in [2.45, 2.75) is 19.4 Å². The predicted octanol–water partition coefficient (Wildman–Crippen LogP) is 1.05. The maximum atomic E-state index is 13.1. The van der Waals surface area contributed by atoms with Crippen molar-refractivity contribution >= 4 is 15.7 Å². The number of sulfone groups is 1. The number of carbonyl (C=O) groups excluding carboxylic acids is 1. The Morgan fingerprint density at radius 3 is 2.72 bits per heavy atom. The minimum absolute atomic E-state index is 0.0150. The molecule has 0 aromatic heterocycles. The van der Waals surface area contributed by atoms with Gasteiger partial charge in [-0.15, -0.1) is 0 Å². The molecule has 0 aliphatic carbocycles. The van der Waals surface area contributed by atoms with Crippen LogP contribution in [0.15, 0.2) is 18.2 Å². The van der Waals surface area contributed by atoms with Crippen LogP contribution in [0.1, 0.15) is 22.3 Å². The molecule has 1 heterocycles. The van der Waals surface area contributed by atoms with Gasteiger partial charge in [-0.3, -0.25) is 4.79 Å². The standard InChI is InChI=1S/C12H14FNO3S/c1-8-6-9(2-3-11(8)13)12(15)14-10-4-5-18(16,17)7-10/h2-3,6,10H,4-5,7H2,1H3,(H,14,15). The van der Waals surface area contributed by atoms with Gasteiger partial charge >= 0.3 is 0 Å². The van der Waals surface area contributed by atoms with Gasteiger partial charge in [0.2, 0.25) is 0 Å². The second-order valence-electron chi connectivity index (χ2n) is 4.54. The van der Waals surface area contributed by atoms with Gasteiger partial charge in [0, 0.05) is 11.6 Å². The molecule has 1 aliphatic rings. The van der Waals surface area contributed by atoms with E-state index in [0.29, 0.717) is 17.5 Å². The molecule has 0 radical (unpaired) electrons. The van der Waals surface area contributed by atoms with E-state index < -0.39 is 9.84 Å². The Morgan fingerprint density at radius 2 is 2.17 bits per heavy atom. The van der Waals surface area contributed by atoms with E-state index >= 15 is 0 Å². The molecular weight excluding hydrogens is 257 g/mol. The molecule has 1 aromatic carbocycles. The first-order valence-corrected chi connectivity index (χ1v) is 7.47. The fraction of sp³-hybridized carbons (Fsp3) is 0.417. The summed E-state index contributed by atoms with van der Waals surface area (Å²) in [5.41, 5.74) is 0.736. The van der Waals surface area contributed by atoms with E-state index in [9.17, 15) is 17.6 Å². The molecule has 0 bridgehead atoms. The van der Waals surface area contributed by atoms with Crippen molar-refractivity contribution < 1.29 is 17.6 Å². The lowest BCUT2D eigenvalue weighted by Crippen LogP contribution is -2.35. The molecular formula is C12H14FNO3S. The molecule has 1 atom stereocenters. The SMILES string of the molecule is Cc1cc(C(=O)NC2CCS(=O)(=O)C2)ccc1F. The Bertz CT molecular complexity index is 583. The molecule has 98 valence electrons. The summed E-state index contributed by atoms with van der Waals surface area (Å²) in [4.78, 5) is 11.8. The number of halogens is 1. The fourth-order valence-electron chi connectivity index (χ4n) is 1.96. The van der Waals surface area contributed by atoms with Crippen molar-refractivity contribution in [2.24, 2.45) is 0 Å². The number of nitrogens with one attached hydrogen (secondary N) is 1. The summed E-state index contributed by atoms with van der Waals surface area (Å²) in [6, 6.07) is 3.73. The van der Waals surface area contributed by atoms with Crippen LogP contribution < -0.4 is 5.32 Å². The molecule has 1 aliphatic heterocycles. The molecule has 0 spiro atoms. The highest BCUT2D eigenvalue weighted by atomic mass is 32.2. The maximum Gasteiger partial charge on any atom is 0.251 e. The van der Waals surface area contributed by atoms with Crippen molar-refractivity contribution in [1.29, 1.82) is 0 Å². The van der Waals surface area contributed by atoms with Crippen LogP contribution in [0.5, 0.6) is 0 Å². The topological polar surface area (TPSA) is 63.2 Å². The number of benzene rings is 1. The van der Waals surface area contributed by atoms with Crippen molar-refractivity contribution in [2.75, 3.05) is 11.5 Å². The zero-order valence-corrected chi connectivity index (χ0v) is 10.8. The second kappa shape index (κ2) is 4.68. The summed E-state index contributed by atoms with van der Waals surface area (Å²) in [6.07, 6.45) is 0.439. The Hall–Kier alpha value is -1.43. The minimum Gasteiger partial charge on any atom is -0.348 e. The summed E-state index contributed by atoms with van der Waals surface area (Å²) in [5, 5.41) is 2.66. The second-order valence-corrected chi connectivity index (χ2v) is 6.77. The molecule has 1 amide bonds. The lowest BCUT2D eigenvalue weighted by Gasteiger charge is -2.11. The predicted molar refractivity (Wildman–Crippen MR) is 65.7 cm³/mol. The number of rotatable bonds is 2. The smallest absolute Gasteiger partial charge is 0.251 e. The van der Waals surface area contributed by atoms with Gasteiger partial charge in [-0.1, -0.05) is 0 Å². The number of hydrogen-bond acceptors (Lipinski definition) is 3. The van der Waals surface area contributed by atoms with Crippen LogP contribution >= 0.6 is 0 Å². The molecule has 18 heavy (non-hydrogen) atoms. The number of aryl methyl sites for hydroxylation is 1. The molecule has 1 fully saturated rings. The van der Waals surface area contributed by atoms with Crippen LogP contribution in [0.25, 0.3) is 0 Å². The molecule has 1 saturated heterocycles. The summed E-state index contributed by atoms with van der Waals surface area (Å²) in [6.45, 7) is 1.58. The van der Waals surface area contributed by atoms with E-state index in [2.05, 4.69) is 5.32 Å². The van der Waals surface area contributed by atoms with Gasteiger partial charge in [-0.2, -0.15) is 0 Å². The summed E-state index contributed by atoms with van der Waals surface area (Å²) < 4.78 is 35.6. The van der Waals surface area contributed by atoms with E-state index in [1.165, 1.54) is 18.2 Å². The lowest BCUT2D eigenvalue weighted by molar-refractivity contribution is 0.0941. The summed E-state index contributed by atoms with van der Waals surface area (Å²) >= 11 is 0. The van der Waals surface area contributed by atoms with Gasteiger partial charge < -0.3 is 5.32 Å². The quantitative estimate of drug-likeness (QED) is 0.874. The lowest BCUT2D eigenvalue weighted by atomic mass is 10.1. The third-order valence-electron chi connectivity index (χ3n) is 2.99. The van der Waals surface area contributed by atoms with Crippen molar-refractivity contribution in [3.8, 4) is 0 Å². The van der Waals surface area contributed by atoms with Crippen LogP contribution in [0, 0.1) is 12.7 Å². The highest BCUT2D eigenvalue weighted by Gasteiger charge is 2.29. The molecule has 1 unspecified atom stereocenters. The highest BCUT2D eigenvalue weighted by molar-refractivity contribution is 7.91. The van der Waals surface area contributed by atoms with Crippen LogP contribution in [-0.2, 0) is 9.84 Å². The van der Waals surface area contributed by atoms with Gasteiger partial charge in [0.15, 0.2) is 9.84 Å². The minimum atomic E-state index is -3.01. The highest BCUT2D eigenvalue weighted by Crippen LogP contribution is 2.13. The van der Waals surface area contributed by atoms with Crippen molar-refractivity contribution in [3.05, 3.63) is 35.1 Å². The van der Waals surface area contributed by atoms with E-state index in [1.54, 1.807) is 6.92 Å². The van der Waals surface area contributed by atoms with E-state index in [4.69, 9.17) is 0 Å². The number of hydrogen-bond donors (Lipinski definition) is 1. The van der Waals surface area contributed by atoms with Crippen molar-refractivity contribution in [3.63, 3.8) is 0 Å². The van der Waals surface area contributed by atoms with Gasteiger partial charge in [0.1, 0.15) is 5.82 Å².